The minimum atomic E-state index is -3.02. The molecule has 1 aromatic carbocycles. The summed E-state index contributed by atoms with van der Waals surface area (Å²) in [4.78, 5) is 12.2. The van der Waals surface area contributed by atoms with E-state index in [1.165, 1.54) is 25.3 Å². The van der Waals surface area contributed by atoms with Crippen molar-refractivity contribution in [3.05, 3.63) is 23.8 Å². The van der Waals surface area contributed by atoms with Crippen molar-refractivity contribution < 1.29 is 28.2 Å². The number of methoxy groups -OCH3 is 1. The van der Waals surface area contributed by atoms with Gasteiger partial charge in [-0.2, -0.15) is 8.78 Å². The number of aliphatic hydroxyl groups is 1. The van der Waals surface area contributed by atoms with Crippen LogP contribution in [0, 0.1) is 5.92 Å². The third-order valence-electron chi connectivity index (χ3n) is 3.53. The smallest absolute Gasteiger partial charge is 0.387 e. The van der Waals surface area contributed by atoms with E-state index in [1.807, 2.05) is 0 Å². The molecule has 0 bridgehead atoms. The number of nitrogens with one attached hydrogen (secondary N) is 1. The van der Waals surface area contributed by atoms with Crippen molar-refractivity contribution in [2.75, 3.05) is 13.7 Å². The van der Waals surface area contributed by atoms with Crippen molar-refractivity contribution in [3.8, 4) is 11.5 Å². The zero-order valence-electron chi connectivity index (χ0n) is 14.4. The molecule has 1 unspecified atom stereocenters. The Kier molecular flexibility index (Phi) is 7.41. The third kappa shape index (κ3) is 6.70. The second-order valence-corrected chi connectivity index (χ2v) is 6.36. The van der Waals surface area contributed by atoms with E-state index in [-0.39, 0.29) is 23.6 Å². The minimum absolute atomic E-state index is 0.0651. The Labute approximate surface area is 141 Å². The molecule has 7 heteroatoms. The van der Waals surface area contributed by atoms with E-state index in [4.69, 9.17) is 4.74 Å². The fourth-order valence-electron chi connectivity index (χ4n) is 2.07. The zero-order valence-corrected chi connectivity index (χ0v) is 14.4. The van der Waals surface area contributed by atoms with Gasteiger partial charge in [-0.15, -0.1) is 0 Å². The second kappa shape index (κ2) is 8.82. The van der Waals surface area contributed by atoms with E-state index in [1.54, 1.807) is 6.92 Å². The molecule has 24 heavy (non-hydrogen) atoms. The summed E-state index contributed by atoms with van der Waals surface area (Å²) in [6.07, 6.45) is 1.38. The standard InChI is InChI=1S/C17H25F2NO4/c1-11(2)7-8-17(3,22)10-20-15(21)12-5-6-13(23-4)14(9-12)24-16(18)19/h5-6,9,11,16,22H,7-8,10H2,1-4H3,(H,20,21). The number of amides is 1. The van der Waals surface area contributed by atoms with E-state index >= 15 is 0 Å². The second-order valence-electron chi connectivity index (χ2n) is 6.36. The highest BCUT2D eigenvalue weighted by atomic mass is 19.3. The lowest BCUT2D eigenvalue weighted by Gasteiger charge is -2.24. The average molecular weight is 345 g/mol. The first-order chi connectivity index (χ1) is 11.1. The summed E-state index contributed by atoms with van der Waals surface area (Å²) in [6.45, 7) is 2.80. The highest BCUT2D eigenvalue weighted by Crippen LogP contribution is 2.29. The Balaban J connectivity index is 2.74. The van der Waals surface area contributed by atoms with Gasteiger partial charge in [0, 0.05) is 12.1 Å². The maximum absolute atomic E-state index is 12.4. The van der Waals surface area contributed by atoms with Gasteiger partial charge in [0.2, 0.25) is 0 Å². The number of carbonyl (C=O) groups is 1. The Morgan fingerprint density at radius 3 is 2.54 bits per heavy atom. The number of ether oxygens (including phenoxy) is 2. The van der Waals surface area contributed by atoms with Crippen LogP contribution >= 0.6 is 0 Å². The summed E-state index contributed by atoms with van der Waals surface area (Å²) in [5, 5.41) is 12.9. The van der Waals surface area contributed by atoms with Crippen LogP contribution in [-0.2, 0) is 0 Å². The van der Waals surface area contributed by atoms with Crippen LogP contribution in [0.2, 0.25) is 0 Å². The summed E-state index contributed by atoms with van der Waals surface area (Å²) in [5.74, 6) is -0.146. The maximum atomic E-state index is 12.4. The Morgan fingerprint density at radius 2 is 2.00 bits per heavy atom. The summed E-state index contributed by atoms with van der Waals surface area (Å²) in [6, 6.07) is 4.00. The lowest BCUT2D eigenvalue weighted by molar-refractivity contribution is -0.0512. The molecule has 0 aliphatic rings. The fraction of sp³-hybridized carbons (Fsp3) is 0.588. The quantitative estimate of drug-likeness (QED) is 0.721. The monoisotopic (exact) mass is 345 g/mol. The molecule has 5 nitrogen and oxygen atoms in total. The molecule has 1 rings (SSSR count). The summed E-state index contributed by atoms with van der Waals surface area (Å²) >= 11 is 0. The normalized spacial score (nSPS) is 13.7. The van der Waals surface area contributed by atoms with Crippen molar-refractivity contribution >= 4 is 5.91 Å². The Morgan fingerprint density at radius 1 is 1.33 bits per heavy atom. The molecule has 0 aromatic heterocycles. The molecule has 0 radical (unpaired) electrons. The summed E-state index contributed by atoms with van der Waals surface area (Å²) < 4.78 is 34.1. The van der Waals surface area contributed by atoms with Gasteiger partial charge in [-0.25, -0.2) is 0 Å². The van der Waals surface area contributed by atoms with Gasteiger partial charge >= 0.3 is 6.61 Å². The van der Waals surface area contributed by atoms with Crippen LogP contribution in [0.15, 0.2) is 18.2 Å². The van der Waals surface area contributed by atoms with Crippen LogP contribution in [0.25, 0.3) is 0 Å². The average Bonchev–Trinajstić information content (AvgIpc) is 2.50. The van der Waals surface area contributed by atoms with Crippen molar-refractivity contribution in [2.45, 2.75) is 45.8 Å². The van der Waals surface area contributed by atoms with Gasteiger partial charge in [0.15, 0.2) is 11.5 Å². The van der Waals surface area contributed by atoms with Gasteiger partial charge in [-0.05, 0) is 43.9 Å². The molecule has 1 atom stereocenters. The lowest BCUT2D eigenvalue weighted by atomic mass is 9.95. The van der Waals surface area contributed by atoms with Gasteiger partial charge in [0.25, 0.3) is 5.91 Å². The third-order valence-corrected chi connectivity index (χ3v) is 3.53. The first-order valence-corrected chi connectivity index (χ1v) is 7.78. The molecule has 2 N–H and O–H groups in total. The van der Waals surface area contributed by atoms with Crippen molar-refractivity contribution in [3.63, 3.8) is 0 Å². The van der Waals surface area contributed by atoms with E-state index in [2.05, 4.69) is 23.9 Å². The van der Waals surface area contributed by atoms with Crippen LogP contribution in [0.4, 0.5) is 8.78 Å². The molecule has 0 aliphatic heterocycles. The van der Waals surface area contributed by atoms with E-state index in [0.29, 0.717) is 12.3 Å². The zero-order chi connectivity index (χ0) is 18.3. The Hall–Kier alpha value is -1.89. The molecule has 0 heterocycles. The minimum Gasteiger partial charge on any atom is -0.493 e. The van der Waals surface area contributed by atoms with Gasteiger partial charge in [-0.1, -0.05) is 13.8 Å². The Bertz CT molecular complexity index is 547. The largest absolute Gasteiger partial charge is 0.493 e. The van der Waals surface area contributed by atoms with Crippen LogP contribution < -0.4 is 14.8 Å². The van der Waals surface area contributed by atoms with Crippen LogP contribution in [-0.4, -0.2) is 36.9 Å². The molecule has 0 spiro atoms. The molecule has 136 valence electrons. The van der Waals surface area contributed by atoms with E-state index in [9.17, 15) is 18.7 Å². The molecule has 0 saturated carbocycles. The molecular formula is C17H25F2NO4. The van der Waals surface area contributed by atoms with Crippen molar-refractivity contribution in [2.24, 2.45) is 5.92 Å². The molecule has 1 aromatic rings. The number of rotatable bonds is 9. The predicted molar refractivity (Wildman–Crippen MR) is 86.7 cm³/mol. The van der Waals surface area contributed by atoms with Gasteiger partial charge in [-0.3, -0.25) is 4.79 Å². The number of benzene rings is 1. The highest BCUT2D eigenvalue weighted by molar-refractivity contribution is 5.94. The molecule has 0 fully saturated rings. The predicted octanol–water partition coefficient (Wildman–Crippen LogP) is 3.21. The van der Waals surface area contributed by atoms with Crippen LogP contribution in [0.5, 0.6) is 11.5 Å². The number of alkyl halides is 2. The summed E-state index contributed by atoms with van der Waals surface area (Å²) in [5.41, 5.74) is -0.888. The molecular weight excluding hydrogens is 320 g/mol. The number of hydrogen-bond donors (Lipinski definition) is 2. The number of carbonyl (C=O) groups excluding carboxylic acids is 1. The van der Waals surface area contributed by atoms with Gasteiger partial charge in [0.05, 0.1) is 12.7 Å². The van der Waals surface area contributed by atoms with Gasteiger partial charge < -0.3 is 19.9 Å². The van der Waals surface area contributed by atoms with E-state index in [0.717, 1.165) is 6.42 Å². The molecule has 1 amide bonds. The number of halogens is 2. The van der Waals surface area contributed by atoms with E-state index < -0.39 is 18.1 Å². The SMILES string of the molecule is COc1ccc(C(=O)NCC(C)(O)CCC(C)C)cc1OC(F)F. The fourth-order valence-corrected chi connectivity index (χ4v) is 2.07. The topological polar surface area (TPSA) is 67.8 Å². The lowest BCUT2D eigenvalue weighted by Crippen LogP contribution is -2.40. The molecule has 0 aliphatic carbocycles. The van der Waals surface area contributed by atoms with Crippen molar-refractivity contribution in [1.29, 1.82) is 0 Å². The van der Waals surface area contributed by atoms with Crippen LogP contribution in [0.3, 0.4) is 0 Å². The first-order valence-electron chi connectivity index (χ1n) is 7.78. The first kappa shape index (κ1) is 20.2. The molecule has 0 saturated heterocycles. The van der Waals surface area contributed by atoms with Gasteiger partial charge in [0.1, 0.15) is 0 Å². The summed E-state index contributed by atoms with van der Waals surface area (Å²) in [7, 11) is 1.32. The van der Waals surface area contributed by atoms with Crippen LogP contribution in [0.1, 0.15) is 44.0 Å². The maximum Gasteiger partial charge on any atom is 0.387 e. The van der Waals surface area contributed by atoms with Crippen molar-refractivity contribution in [1.82, 2.24) is 5.32 Å². The number of hydrogen-bond acceptors (Lipinski definition) is 4. The highest BCUT2D eigenvalue weighted by Gasteiger charge is 2.22.